The van der Waals surface area contributed by atoms with Gasteiger partial charge in [-0.3, -0.25) is 4.79 Å². The van der Waals surface area contributed by atoms with Gasteiger partial charge in [-0.25, -0.2) is 0 Å². The molecule has 0 aliphatic heterocycles. The number of nitrogens with one attached hydrogen (secondary N) is 1. The molecular weight excluding hydrogens is 370 g/mol. The van der Waals surface area contributed by atoms with Crippen LogP contribution in [0.4, 0.5) is 0 Å². The molecule has 0 spiro atoms. The van der Waals surface area contributed by atoms with E-state index in [4.69, 9.17) is 0 Å². The third kappa shape index (κ3) is 4.95. The maximum absolute atomic E-state index is 13.0. The van der Waals surface area contributed by atoms with Crippen LogP contribution in [0.25, 0.3) is 0 Å². The van der Waals surface area contributed by atoms with E-state index in [9.17, 15) is 9.90 Å². The lowest BCUT2D eigenvalue weighted by Gasteiger charge is -2.38. The molecule has 2 atom stereocenters. The number of carbonyl (C=O) groups is 1. The van der Waals surface area contributed by atoms with Crippen LogP contribution in [0.1, 0.15) is 62.5 Å². The van der Waals surface area contributed by atoms with Crippen LogP contribution < -0.4 is 5.32 Å². The van der Waals surface area contributed by atoms with Crippen LogP contribution in [0.2, 0.25) is 0 Å². The number of aliphatic hydroxyl groups excluding tert-OH is 1. The molecule has 2 aliphatic rings. The third-order valence-corrected chi connectivity index (χ3v) is 7.55. The Balaban J connectivity index is 1.39. The molecule has 2 aromatic carbocycles. The van der Waals surface area contributed by atoms with Crippen LogP contribution in [0.3, 0.4) is 0 Å². The number of carbonyl (C=O) groups excluding carboxylic acids is 1. The molecule has 2 bridgehead atoms. The predicted octanol–water partition coefficient (Wildman–Crippen LogP) is 5.02. The normalized spacial score (nSPS) is 28.5. The minimum Gasteiger partial charge on any atom is -0.393 e. The molecule has 0 radical (unpaired) electrons. The number of hydrogen-bond acceptors (Lipinski definition) is 2. The van der Waals surface area contributed by atoms with Gasteiger partial charge in [-0.1, -0.05) is 60.7 Å². The summed E-state index contributed by atoms with van der Waals surface area (Å²) in [6.45, 7) is 0.725. The number of fused-ring (bicyclic) bond motifs is 2. The van der Waals surface area contributed by atoms with Gasteiger partial charge in [0.15, 0.2) is 0 Å². The van der Waals surface area contributed by atoms with Crippen LogP contribution in [-0.2, 0) is 16.6 Å². The van der Waals surface area contributed by atoms with Crippen LogP contribution in [0.5, 0.6) is 0 Å². The average molecular weight is 406 g/mol. The summed E-state index contributed by atoms with van der Waals surface area (Å²) >= 11 is 0. The van der Waals surface area contributed by atoms with Crippen LogP contribution in [-0.4, -0.2) is 23.7 Å². The Morgan fingerprint density at radius 2 is 1.50 bits per heavy atom. The Labute approximate surface area is 180 Å². The molecule has 2 aliphatic carbocycles. The van der Waals surface area contributed by atoms with Gasteiger partial charge in [-0.05, 0) is 74.3 Å². The van der Waals surface area contributed by atoms with Crippen molar-refractivity contribution in [2.75, 3.05) is 6.54 Å². The fourth-order valence-electron chi connectivity index (χ4n) is 5.73. The minimum absolute atomic E-state index is 0.105. The zero-order valence-electron chi connectivity index (χ0n) is 17.9. The summed E-state index contributed by atoms with van der Waals surface area (Å²) in [5.41, 5.74) is 2.51. The van der Waals surface area contributed by atoms with E-state index in [-0.39, 0.29) is 17.4 Å². The maximum Gasteiger partial charge on any atom is 0.220 e. The molecule has 2 unspecified atom stereocenters. The van der Waals surface area contributed by atoms with Gasteiger partial charge in [0, 0.05) is 18.4 Å². The molecule has 30 heavy (non-hydrogen) atoms. The number of benzene rings is 2. The van der Waals surface area contributed by atoms with Crippen molar-refractivity contribution < 1.29 is 9.90 Å². The first-order valence-electron chi connectivity index (χ1n) is 11.7. The van der Waals surface area contributed by atoms with Crippen LogP contribution in [0, 0.1) is 11.8 Å². The Morgan fingerprint density at radius 1 is 0.900 bits per heavy atom. The lowest BCUT2D eigenvalue weighted by molar-refractivity contribution is -0.122. The van der Waals surface area contributed by atoms with E-state index in [0.29, 0.717) is 18.3 Å². The van der Waals surface area contributed by atoms with E-state index in [2.05, 4.69) is 59.9 Å². The van der Waals surface area contributed by atoms with Gasteiger partial charge in [0.25, 0.3) is 0 Å². The van der Waals surface area contributed by atoms with Gasteiger partial charge < -0.3 is 10.4 Å². The summed E-state index contributed by atoms with van der Waals surface area (Å²) in [6.07, 6.45) is 8.68. The highest BCUT2D eigenvalue weighted by molar-refractivity contribution is 5.77. The molecule has 2 saturated carbocycles. The van der Waals surface area contributed by atoms with E-state index in [1.807, 2.05) is 6.07 Å². The SMILES string of the molecule is O=C(CC1(c2ccccc2)CCC2CCC(CC1)C2O)NCCCc1ccccc1. The van der Waals surface area contributed by atoms with Gasteiger partial charge in [0.2, 0.25) is 5.91 Å². The summed E-state index contributed by atoms with van der Waals surface area (Å²) < 4.78 is 0. The average Bonchev–Trinajstić information content (AvgIpc) is 3.17. The Morgan fingerprint density at radius 3 is 2.13 bits per heavy atom. The molecule has 3 nitrogen and oxygen atoms in total. The van der Waals surface area contributed by atoms with Crippen molar-refractivity contribution in [2.24, 2.45) is 11.8 Å². The van der Waals surface area contributed by atoms with E-state index in [1.54, 1.807) is 0 Å². The molecule has 0 saturated heterocycles. The zero-order chi connectivity index (χ0) is 20.8. The number of rotatable bonds is 7. The molecule has 1 amide bonds. The van der Waals surface area contributed by atoms with E-state index in [1.165, 1.54) is 11.1 Å². The second kappa shape index (κ2) is 9.78. The highest BCUT2D eigenvalue weighted by Crippen LogP contribution is 2.47. The first kappa shape index (κ1) is 21.1. The Kier molecular flexibility index (Phi) is 6.89. The van der Waals surface area contributed by atoms with Gasteiger partial charge in [-0.2, -0.15) is 0 Å². The number of amides is 1. The molecule has 3 heteroatoms. The molecule has 2 aromatic rings. The number of aliphatic hydroxyl groups is 1. The summed E-state index contributed by atoms with van der Waals surface area (Å²) in [7, 11) is 0. The van der Waals surface area contributed by atoms with E-state index < -0.39 is 0 Å². The number of hydrogen-bond donors (Lipinski definition) is 2. The molecule has 0 aromatic heterocycles. The summed E-state index contributed by atoms with van der Waals surface area (Å²) in [5.74, 6) is 0.986. The smallest absolute Gasteiger partial charge is 0.220 e. The van der Waals surface area contributed by atoms with Crippen molar-refractivity contribution in [3.8, 4) is 0 Å². The molecule has 160 valence electrons. The van der Waals surface area contributed by atoms with E-state index in [0.717, 1.165) is 57.9 Å². The predicted molar refractivity (Wildman–Crippen MR) is 121 cm³/mol. The highest BCUT2D eigenvalue weighted by Gasteiger charge is 2.43. The quantitative estimate of drug-likeness (QED) is 0.635. The van der Waals surface area contributed by atoms with Crippen LogP contribution >= 0.6 is 0 Å². The fraction of sp³-hybridized carbons (Fsp3) is 0.519. The van der Waals surface area contributed by atoms with Crippen molar-refractivity contribution in [1.29, 1.82) is 0 Å². The monoisotopic (exact) mass is 405 g/mol. The Bertz CT molecular complexity index is 788. The van der Waals surface area contributed by atoms with Crippen molar-refractivity contribution in [2.45, 2.75) is 69.3 Å². The first-order chi connectivity index (χ1) is 14.7. The van der Waals surface area contributed by atoms with Crippen molar-refractivity contribution in [1.82, 2.24) is 5.32 Å². The van der Waals surface area contributed by atoms with Gasteiger partial charge >= 0.3 is 0 Å². The molecule has 2 fully saturated rings. The largest absolute Gasteiger partial charge is 0.393 e. The van der Waals surface area contributed by atoms with Gasteiger partial charge in [0.1, 0.15) is 0 Å². The first-order valence-corrected chi connectivity index (χ1v) is 11.7. The second-order valence-electron chi connectivity index (χ2n) is 9.43. The summed E-state index contributed by atoms with van der Waals surface area (Å²) in [5, 5.41) is 13.8. The number of aryl methyl sites for hydroxylation is 1. The third-order valence-electron chi connectivity index (χ3n) is 7.55. The maximum atomic E-state index is 13.0. The molecule has 2 N–H and O–H groups in total. The van der Waals surface area contributed by atoms with E-state index >= 15 is 0 Å². The Hall–Kier alpha value is -2.13. The van der Waals surface area contributed by atoms with Crippen molar-refractivity contribution >= 4 is 5.91 Å². The molecular formula is C27H35NO2. The topological polar surface area (TPSA) is 49.3 Å². The lowest BCUT2D eigenvalue weighted by atomic mass is 9.67. The van der Waals surface area contributed by atoms with Gasteiger partial charge in [-0.15, -0.1) is 0 Å². The van der Waals surface area contributed by atoms with Crippen molar-refractivity contribution in [3.63, 3.8) is 0 Å². The zero-order valence-corrected chi connectivity index (χ0v) is 17.9. The second-order valence-corrected chi connectivity index (χ2v) is 9.43. The fourth-order valence-corrected chi connectivity index (χ4v) is 5.73. The lowest BCUT2D eigenvalue weighted by Crippen LogP contribution is -2.38. The van der Waals surface area contributed by atoms with Crippen molar-refractivity contribution in [3.05, 3.63) is 71.8 Å². The minimum atomic E-state index is -0.134. The molecule has 4 rings (SSSR count). The summed E-state index contributed by atoms with van der Waals surface area (Å²) in [4.78, 5) is 13.0. The standard InChI is InChI=1S/C27H35NO2/c29-25(28-19-7-10-21-8-3-1-4-9-21)20-27(24-11-5-2-6-12-24)17-15-22-13-14-23(16-18-27)26(22)30/h1-6,8-9,11-12,22-23,26,30H,7,10,13-20H2,(H,28,29). The van der Waals surface area contributed by atoms with Crippen LogP contribution in [0.15, 0.2) is 60.7 Å². The summed E-state index contributed by atoms with van der Waals surface area (Å²) in [6, 6.07) is 21.1. The highest BCUT2D eigenvalue weighted by atomic mass is 16.3. The molecule has 0 heterocycles. The van der Waals surface area contributed by atoms with Gasteiger partial charge in [0.05, 0.1) is 6.10 Å².